The van der Waals surface area contributed by atoms with Crippen molar-refractivity contribution in [2.75, 3.05) is 21.3 Å². The van der Waals surface area contributed by atoms with E-state index in [9.17, 15) is 0 Å². The first-order valence-electron chi connectivity index (χ1n) is 8.04. The molecule has 0 saturated heterocycles. The first-order valence-corrected chi connectivity index (χ1v) is 8.04. The SMILES string of the molecule is C=C1c2c(cc(OC)c(OC)c2OC)COC12OCc1ccccc12. The summed E-state index contributed by atoms with van der Waals surface area (Å²) < 4.78 is 28.9. The van der Waals surface area contributed by atoms with Crippen molar-refractivity contribution < 1.29 is 23.7 Å². The van der Waals surface area contributed by atoms with Gasteiger partial charge in [0.25, 0.3) is 0 Å². The van der Waals surface area contributed by atoms with Crippen molar-refractivity contribution in [1.29, 1.82) is 0 Å². The lowest BCUT2D eigenvalue weighted by atomic mass is 9.86. The summed E-state index contributed by atoms with van der Waals surface area (Å²) >= 11 is 0. The third kappa shape index (κ3) is 2.09. The van der Waals surface area contributed by atoms with Gasteiger partial charge >= 0.3 is 0 Å². The smallest absolute Gasteiger partial charge is 0.223 e. The zero-order chi connectivity index (χ0) is 17.6. The Balaban J connectivity index is 1.92. The average molecular weight is 340 g/mol. The third-order valence-corrected chi connectivity index (χ3v) is 4.84. The highest BCUT2D eigenvalue weighted by atomic mass is 16.7. The zero-order valence-corrected chi connectivity index (χ0v) is 14.5. The van der Waals surface area contributed by atoms with E-state index in [1.165, 1.54) is 0 Å². The van der Waals surface area contributed by atoms with Crippen LogP contribution in [0.5, 0.6) is 17.2 Å². The number of benzene rings is 2. The van der Waals surface area contributed by atoms with Gasteiger partial charge in [0, 0.05) is 16.7 Å². The summed E-state index contributed by atoms with van der Waals surface area (Å²) in [6.07, 6.45) is 0. The second-order valence-corrected chi connectivity index (χ2v) is 6.01. The maximum absolute atomic E-state index is 6.19. The lowest BCUT2D eigenvalue weighted by molar-refractivity contribution is -0.207. The van der Waals surface area contributed by atoms with Crippen LogP contribution < -0.4 is 14.2 Å². The summed E-state index contributed by atoms with van der Waals surface area (Å²) in [6, 6.07) is 9.94. The summed E-state index contributed by atoms with van der Waals surface area (Å²) in [6.45, 7) is 5.15. The third-order valence-electron chi connectivity index (χ3n) is 4.84. The molecule has 25 heavy (non-hydrogen) atoms. The highest BCUT2D eigenvalue weighted by Crippen LogP contribution is 2.55. The number of rotatable bonds is 3. The molecule has 0 bridgehead atoms. The Hall–Kier alpha value is -2.50. The van der Waals surface area contributed by atoms with E-state index in [0.717, 1.165) is 22.3 Å². The maximum atomic E-state index is 6.19. The fourth-order valence-corrected chi connectivity index (χ4v) is 3.68. The molecule has 4 rings (SSSR count). The van der Waals surface area contributed by atoms with Crippen LogP contribution >= 0.6 is 0 Å². The lowest BCUT2D eigenvalue weighted by Gasteiger charge is -2.37. The zero-order valence-electron chi connectivity index (χ0n) is 14.5. The highest BCUT2D eigenvalue weighted by molar-refractivity contribution is 5.82. The van der Waals surface area contributed by atoms with Crippen LogP contribution in [0.3, 0.4) is 0 Å². The largest absolute Gasteiger partial charge is 0.493 e. The molecule has 2 aliphatic heterocycles. The van der Waals surface area contributed by atoms with Gasteiger partial charge in [0.1, 0.15) is 0 Å². The van der Waals surface area contributed by atoms with Gasteiger partial charge in [-0.2, -0.15) is 0 Å². The Kier molecular flexibility index (Phi) is 3.71. The predicted molar refractivity (Wildman–Crippen MR) is 92.8 cm³/mol. The Morgan fingerprint density at radius 1 is 0.920 bits per heavy atom. The van der Waals surface area contributed by atoms with Gasteiger partial charge in [0.15, 0.2) is 11.5 Å². The van der Waals surface area contributed by atoms with Crippen molar-refractivity contribution >= 4 is 5.57 Å². The lowest BCUT2D eigenvalue weighted by Crippen LogP contribution is -2.34. The molecule has 2 aromatic carbocycles. The van der Waals surface area contributed by atoms with Crippen molar-refractivity contribution in [3.63, 3.8) is 0 Å². The van der Waals surface area contributed by atoms with Gasteiger partial charge in [-0.25, -0.2) is 0 Å². The molecule has 1 atom stereocenters. The van der Waals surface area contributed by atoms with E-state index in [0.29, 0.717) is 36.0 Å². The second-order valence-electron chi connectivity index (χ2n) is 6.01. The first kappa shape index (κ1) is 16.0. The minimum absolute atomic E-state index is 0.361. The second kappa shape index (κ2) is 5.79. The van der Waals surface area contributed by atoms with Crippen LogP contribution in [0.1, 0.15) is 22.3 Å². The quantitative estimate of drug-likeness (QED) is 0.854. The van der Waals surface area contributed by atoms with Crippen LogP contribution in [0, 0.1) is 0 Å². The molecule has 0 N–H and O–H groups in total. The fraction of sp³-hybridized carbons (Fsp3) is 0.300. The molecular formula is C20H20O5. The monoisotopic (exact) mass is 340 g/mol. The van der Waals surface area contributed by atoms with Gasteiger partial charge < -0.3 is 23.7 Å². The van der Waals surface area contributed by atoms with Crippen LogP contribution in [0.2, 0.25) is 0 Å². The molecule has 2 aromatic rings. The van der Waals surface area contributed by atoms with Gasteiger partial charge in [0.2, 0.25) is 11.5 Å². The molecule has 0 radical (unpaired) electrons. The minimum atomic E-state index is -0.990. The molecule has 130 valence electrons. The predicted octanol–water partition coefficient (Wildman–Crippen LogP) is 3.64. The highest BCUT2D eigenvalue weighted by Gasteiger charge is 2.48. The van der Waals surface area contributed by atoms with Crippen LogP contribution in [-0.4, -0.2) is 21.3 Å². The summed E-state index contributed by atoms with van der Waals surface area (Å²) in [5.74, 6) is 0.722. The molecule has 0 amide bonds. The van der Waals surface area contributed by atoms with Crippen LogP contribution in [0.15, 0.2) is 36.9 Å². The van der Waals surface area contributed by atoms with E-state index in [4.69, 9.17) is 23.7 Å². The topological polar surface area (TPSA) is 46.2 Å². The van der Waals surface area contributed by atoms with Gasteiger partial charge in [-0.3, -0.25) is 0 Å². The Bertz CT molecular complexity index is 857. The molecule has 5 heteroatoms. The van der Waals surface area contributed by atoms with Crippen molar-refractivity contribution in [2.24, 2.45) is 0 Å². The van der Waals surface area contributed by atoms with Crippen LogP contribution in [0.4, 0.5) is 0 Å². The van der Waals surface area contributed by atoms with E-state index >= 15 is 0 Å². The molecule has 0 saturated carbocycles. The number of fused-ring (bicyclic) bond motifs is 3. The van der Waals surface area contributed by atoms with Crippen molar-refractivity contribution in [3.8, 4) is 17.2 Å². The fourth-order valence-electron chi connectivity index (χ4n) is 3.68. The molecule has 0 fully saturated rings. The van der Waals surface area contributed by atoms with Gasteiger partial charge in [0.05, 0.1) is 34.5 Å². The van der Waals surface area contributed by atoms with Crippen molar-refractivity contribution in [1.82, 2.24) is 0 Å². The standard InChI is InChI=1S/C20H20O5/c1-12-17-14(9-16(21-2)18(22-3)19(17)23-4)11-25-20(12)15-8-6-5-7-13(15)10-24-20/h5-9H,1,10-11H2,2-4H3. The van der Waals surface area contributed by atoms with Gasteiger partial charge in [-0.05, 0) is 17.2 Å². The average Bonchev–Trinajstić information content (AvgIpc) is 3.03. The maximum Gasteiger partial charge on any atom is 0.223 e. The van der Waals surface area contributed by atoms with E-state index in [2.05, 4.69) is 6.58 Å². The van der Waals surface area contributed by atoms with Gasteiger partial charge in [-0.15, -0.1) is 0 Å². The Labute approximate surface area is 146 Å². The molecule has 1 unspecified atom stereocenters. The van der Waals surface area contributed by atoms with Gasteiger partial charge in [-0.1, -0.05) is 30.8 Å². The summed E-state index contributed by atoms with van der Waals surface area (Å²) in [5.41, 5.74) is 4.58. The molecule has 5 nitrogen and oxygen atoms in total. The van der Waals surface area contributed by atoms with E-state index in [1.807, 2.05) is 30.3 Å². The molecule has 2 aliphatic rings. The Morgan fingerprint density at radius 2 is 1.60 bits per heavy atom. The minimum Gasteiger partial charge on any atom is -0.493 e. The molecule has 0 aromatic heterocycles. The summed E-state index contributed by atoms with van der Waals surface area (Å²) in [7, 11) is 4.79. The number of methoxy groups -OCH3 is 3. The van der Waals surface area contributed by atoms with E-state index in [1.54, 1.807) is 21.3 Å². The molecule has 2 heterocycles. The molecule has 1 spiro atoms. The van der Waals surface area contributed by atoms with E-state index < -0.39 is 5.79 Å². The first-order chi connectivity index (χ1) is 12.2. The molecular weight excluding hydrogens is 320 g/mol. The van der Waals surface area contributed by atoms with Crippen molar-refractivity contribution in [3.05, 3.63) is 59.2 Å². The van der Waals surface area contributed by atoms with E-state index in [-0.39, 0.29) is 0 Å². The van der Waals surface area contributed by atoms with Crippen LogP contribution in [0.25, 0.3) is 5.57 Å². The van der Waals surface area contributed by atoms with Crippen molar-refractivity contribution in [2.45, 2.75) is 19.0 Å². The number of hydrogen-bond donors (Lipinski definition) is 0. The van der Waals surface area contributed by atoms with Crippen LogP contribution in [-0.2, 0) is 28.5 Å². The Morgan fingerprint density at radius 3 is 2.28 bits per heavy atom. The number of hydrogen-bond acceptors (Lipinski definition) is 5. The summed E-state index contributed by atoms with van der Waals surface area (Å²) in [5, 5.41) is 0. The molecule has 0 aliphatic carbocycles. The normalized spacial score (nSPS) is 21.0. The summed E-state index contributed by atoms with van der Waals surface area (Å²) in [4.78, 5) is 0. The number of ether oxygens (including phenoxy) is 5.